The van der Waals surface area contributed by atoms with Crippen LogP contribution in [0.15, 0.2) is 12.3 Å². The molecule has 1 heterocycles. The van der Waals surface area contributed by atoms with Crippen molar-refractivity contribution in [2.45, 2.75) is 84.2 Å². The molecule has 1 aromatic rings. The van der Waals surface area contributed by atoms with Crippen LogP contribution in [-0.2, 0) is 13.1 Å². The lowest BCUT2D eigenvalue weighted by Gasteiger charge is -2.03. The average Bonchev–Trinajstić information content (AvgIpc) is 2.89. The van der Waals surface area contributed by atoms with Gasteiger partial charge in [0, 0.05) is 19.3 Å². The SMILES string of the molecule is CCCCCCCCCCCCn1ccc(CNC)n1. The molecule has 3 heteroatoms. The van der Waals surface area contributed by atoms with Gasteiger partial charge in [-0.3, -0.25) is 4.68 Å². The second kappa shape index (κ2) is 12.0. The van der Waals surface area contributed by atoms with Crippen molar-refractivity contribution in [1.29, 1.82) is 0 Å². The van der Waals surface area contributed by atoms with Gasteiger partial charge in [-0.15, -0.1) is 0 Å². The van der Waals surface area contributed by atoms with Gasteiger partial charge in [-0.25, -0.2) is 0 Å². The normalized spacial score (nSPS) is 11.1. The number of rotatable bonds is 13. The van der Waals surface area contributed by atoms with E-state index in [9.17, 15) is 0 Å². The zero-order chi connectivity index (χ0) is 14.5. The zero-order valence-corrected chi connectivity index (χ0v) is 13.5. The maximum absolute atomic E-state index is 4.53. The van der Waals surface area contributed by atoms with Crippen molar-refractivity contribution in [3.05, 3.63) is 18.0 Å². The van der Waals surface area contributed by atoms with E-state index in [4.69, 9.17) is 0 Å². The Morgan fingerprint density at radius 3 is 2.15 bits per heavy atom. The topological polar surface area (TPSA) is 29.9 Å². The van der Waals surface area contributed by atoms with Crippen LogP contribution < -0.4 is 5.32 Å². The minimum absolute atomic E-state index is 0.866. The Hall–Kier alpha value is -0.830. The van der Waals surface area contributed by atoms with E-state index in [0.717, 1.165) is 18.8 Å². The van der Waals surface area contributed by atoms with Crippen LogP contribution in [0.4, 0.5) is 0 Å². The average molecular weight is 279 g/mol. The molecule has 20 heavy (non-hydrogen) atoms. The molecule has 0 aliphatic heterocycles. The third-order valence-corrected chi connectivity index (χ3v) is 3.79. The van der Waals surface area contributed by atoms with Crippen LogP contribution in [0.2, 0.25) is 0 Å². The van der Waals surface area contributed by atoms with Gasteiger partial charge in [0.05, 0.1) is 5.69 Å². The Balaban J connectivity index is 1.89. The Labute approximate surface area is 125 Å². The van der Waals surface area contributed by atoms with Crippen LogP contribution >= 0.6 is 0 Å². The molecule has 0 bridgehead atoms. The third-order valence-electron chi connectivity index (χ3n) is 3.79. The van der Waals surface area contributed by atoms with Gasteiger partial charge < -0.3 is 5.32 Å². The Kier molecular flexibility index (Phi) is 10.3. The van der Waals surface area contributed by atoms with Gasteiger partial charge in [0.25, 0.3) is 0 Å². The first kappa shape index (κ1) is 17.2. The molecule has 0 saturated carbocycles. The molecule has 0 radical (unpaired) electrons. The van der Waals surface area contributed by atoms with Gasteiger partial charge >= 0.3 is 0 Å². The Morgan fingerprint density at radius 2 is 1.55 bits per heavy atom. The summed E-state index contributed by atoms with van der Waals surface area (Å²) in [6.45, 7) is 4.21. The summed E-state index contributed by atoms with van der Waals surface area (Å²) in [5.41, 5.74) is 1.14. The summed E-state index contributed by atoms with van der Waals surface area (Å²) in [6, 6.07) is 2.10. The molecular formula is C17H33N3. The van der Waals surface area contributed by atoms with Crippen LogP contribution in [-0.4, -0.2) is 16.8 Å². The fraction of sp³-hybridized carbons (Fsp3) is 0.824. The van der Waals surface area contributed by atoms with Crippen LogP contribution in [0.5, 0.6) is 0 Å². The highest BCUT2D eigenvalue weighted by Gasteiger charge is 1.98. The smallest absolute Gasteiger partial charge is 0.0762 e. The highest BCUT2D eigenvalue weighted by molar-refractivity contribution is 4.97. The lowest BCUT2D eigenvalue weighted by Crippen LogP contribution is -2.07. The molecule has 0 aliphatic rings. The standard InChI is InChI=1S/C17H33N3/c1-3-4-5-6-7-8-9-10-11-12-14-20-15-13-17(19-20)16-18-2/h13,15,18H,3-12,14,16H2,1-2H3. The van der Waals surface area contributed by atoms with E-state index in [-0.39, 0.29) is 0 Å². The van der Waals surface area contributed by atoms with Gasteiger partial charge in [-0.1, -0.05) is 64.7 Å². The molecular weight excluding hydrogens is 246 g/mol. The summed E-state index contributed by atoms with van der Waals surface area (Å²) < 4.78 is 2.08. The molecule has 1 rings (SSSR count). The maximum Gasteiger partial charge on any atom is 0.0762 e. The highest BCUT2D eigenvalue weighted by Crippen LogP contribution is 2.10. The maximum atomic E-state index is 4.53. The van der Waals surface area contributed by atoms with Crippen molar-refractivity contribution in [2.75, 3.05) is 7.05 Å². The van der Waals surface area contributed by atoms with E-state index in [1.807, 2.05) is 7.05 Å². The van der Waals surface area contributed by atoms with E-state index >= 15 is 0 Å². The predicted octanol–water partition coefficient (Wildman–Crippen LogP) is 4.52. The number of unbranched alkanes of at least 4 members (excludes halogenated alkanes) is 9. The Morgan fingerprint density at radius 1 is 0.950 bits per heavy atom. The molecule has 0 atom stereocenters. The minimum Gasteiger partial charge on any atom is -0.314 e. The minimum atomic E-state index is 0.866. The van der Waals surface area contributed by atoms with Crippen molar-refractivity contribution >= 4 is 0 Å². The summed E-state index contributed by atoms with van der Waals surface area (Å²) in [5, 5.41) is 7.66. The largest absolute Gasteiger partial charge is 0.314 e. The van der Waals surface area contributed by atoms with Gasteiger partial charge in [-0.05, 0) is 19.5 Å². The molecule has 3 nitrogen and oxygen atoms in total. The molecule has 0 fully saturated rings. The second-order valence-corrected chi connectivity index (χ2v) is 5.78. The molecule has 0 amide bonds. The lowest BCUT2D eigenvalue weighted by molar-refractivity contribution is 0.512. The van der Waals surface area contributed by atoms with Crippen molar-refractivity contribution in [1.82, 2.24) is 15.1 Å². The highest BCUT2D eigenvalue weighted by atomic mass is 15.3. The monoisotopic (exact) mass is 279 g/mol. The van der Waals surface area contributed by atoms with Crippen molar-refractivity contribution in [3.8, 4) is 0 Å². The molecule has 0 unspecified atom stereocenters. The number of nitrogens with zero attached hydrogens (tertiary/aromatic N) is 2. The zero-order valence-electron chi connectivity index (χ0n) is 13.5. The van der Waals surface area contributed by atoms with Crippen LogP contribution in [0.25, 0.3) is 0 Å². The van der Waals surface area contributed by atoms with Gasteiger partial charge in [0.2, 0.25) is 0 Å². The van der Waals surface area contributed by atoms with E-state index in [1.54, 1.807) is 0 Å². The van der Waals surface area contributed by atoms with Crippen LogP contribution in [0, 0.1) is 0 Å². The Bertz CT molecular complexity index is 320. The van der Waals surface area contributed by atoms with Gasteiger partial charge in [-0.2, -0.15) is 5.10 Å². The number of aryl methyl sites for hydroxylation is 1. The predicted molar refractivity (Wildman–Crippen MR) is 86.8 cm³/mol. The molecule has 0 aromatic carbocycles. The summed E-state index contributed by atoms with van der Waals surface area (Å²) >= 11 is 0. The van der Waals surface area contributed by atoms with Crippen molar-refractivity contribution < 1.29 is 0 Å². The molecule has 116 valence electrons. The quantitative estimate of drug-likeness (QED) is 0.538. The fourth-order valence-corrected chi connectivity index (χ4v) is 2.56. The molecule has 1 N–H and O–H groups in total. The van der Waals surface area contributed by atoms with E-state index in [1.165, 1.54) is 64.2 Å². The molecule has 0 saturated heterocycles. The summed E-state index contributed by atoms with van der Waals surface area (Å²) in [7, 11) is 1.96. The van der Waals surface area contributed by atoms with E-state index in [0.29, 0.717) is 0 Å². The van der Waals surface area contributed by atoms with Crippen molar-refractivity contribution in [3.63, 3.8) is 0 Å². The van der Waals surface area contributed by atoms with Gasteiger partial charge in [0.15, 0.2) is 0 Å². The van der Waals surface area contributed by atoms with Crippen molar-refractivity contribution in [2.24, 2.45) is 0 Å². The third kappa shape index (κ3) is 8.36. The second-order valence-electron chi connectivity index (χ2n) is 5.78. The number of nitrogens with one attached hydrogen (secondary N) is 1. The first-order valence-corrected chi connectivity index (χ1v) is 8.53. The van der Waals surface area contributed by atoms with Crippen LogP contribution in [0.1, 0.15) is 76.8 Å². The molecule has 0 aliphatic carbocycles. The first-order valence-electron chi connectivity index (χ1n) is 8.53. The fourth-order valence-electron chi connectivity index (χ4n) is 2.56. The summed E-state index contributed by atoms with van der Waals surface area (Å²) in [6.07, 6.45) is 16.0. The molecule has 0 spiro atoms. The van der Waals surface area contributed by atoms with Gasteiger partial charge in [0.1, 0.15) is 0 Å². The van der Waals surface area contributed by atoms with Crippen LogP contribution in [0.3, 0.4) is 0 Å². The first-order chi connectivity index (χ1) is 9.86. The number of aromatic nitrogens is 2. The lowest BCUT2D eigenvalue weighted by atomic mass is 10.1. The van der Waals surface area contributed by atoms with E-state index in [2.05, 4.69) is 34.3 Å². The summed E-state index contributed by atoms with van der Waals surface area (Å²) in [4.78, 5) is 0. The van der Waals surface area contributed by atoms with E-state index < -0.39 is 0 Å². The number of hydrogen-bond donors (Lipinski definition) is 1. The molecule has 1 aromatic heterocycles. The summed E-state index contributed by atoms with van der Waals surface area (Å²) in [5.74, 6) is 0. The number of hydrogen-bond acceptors (Lipinski definition) is 2.